The number of allylic oxidation sites excluding steroid dienone is 1. The van der Waals surface area contributed by atoms with Gasteiger partial charge in [0.1, 0.15) is 40.0 Å². The lowest BCUT2D eigenvalue weighted by molar-refractivity contribution is -0.121. The molecule has 0 radical (unpaired) electrons. The third-order valence-corrected chi connectivity index (χ3v) is 16.4. The van der Waals surface area contributed by atoms with Gasteiger partial charge in [-0.05, 0) is 81.1 Å². The fraction of sp³-hybridized carbons (Fsp3) is 0.400. The van der Waals surface area contributed by atoms with Crippen LogP contribution in [0.15, 0.2) is 138 Å². The molecule has 36 nitrogen and oxygen atoms in total. The summed E-state index contributed by atoms with van der Waals surface area (Å²) in [5, 5.41) is 24.0. The topological polar surface area (TPSA) is 526 Å². The van der Waals surface area contributed by atoms with Crippen LogP contribution in [0.2, 0.25) is 0 Å². The van der Waals surface area contributed by atoms with Crippen LogP contribution in [-0.2, 0) is 40.1 Å². The van der Waals surface area contributed by atoms with Crippen molar-refractivity contribution in [3.63, 3.8) is 0 Å². The minimum atomic E-state index is -0.476. The van der Waals surface area contributed by atoms with Crippen LogP contribution in [0.4, 0.5) is 0 Å². The lowest BCUT2D eigenvalue weighted by atomic mass is 10.1. The molecule has 0 atom stereocenters. The van der Waals surface area contributed by atoms with Gasteiger partial charge >= 0.3 is 0 Å². The van der Waals surface area contributed by atoms with E-state index in [1.54, 1.807) is 43.1 Å². The number of nitrogens with one attached hydrogen (secondary N) is 14. The maximum absolute atomic E-state index is 12.2. The van der Waals surface area contributed by atoms with Crippen molar-refractivity contribution in [2.45, 2.75) is 150 Å². The first kappa shape index (κ1) is 93.2. The first-order chi connectivity index (χ1) is 56.0. The Morgan fingerprint density at radius 2 is 0.655 bits per heavy atom. The second-order valence-corrected chi connectivity index (χ2v) is 25.9. The number of carbonyl (C=O) groups is 13. The molecular weight excluding hydrogens is 1500 g/mol. The van der Waals surface area contributed by atoms with Crippen molar-refractivity contribution in [2.75, 3.05) is 59.4 Å². The van der Waals surface area contributed by atoms with E-state index in [4.69, 9.17) is 8.83 Å². The second-order valence-electron chi connectivity index (χ2n) is 25.9. The first-order valence-corrected chi connectivity index (χ1v) is 38.2. The van der Waals surface area contributed by atoms with Gasteiger partial charge in [0.15, 0.2) is 58.0 Å². The normalized spacial score (nSPS) is 10.3. The van der Waals surface area contributed by atoms with Gasteiger partial charge in [-0.15, -0.1) is 0 Å². The van der Waals surface area contributed by atoms with Gasteiger partial charge in [-0.1, -0.05) is 71.1 Å². The lowest BCUT2D eigenvalue weighted by Gasteiger charge is -2.05. The Morgan fingerprint density at radius 1 is 0.345 bits per heavy atom. The Bertz CT molecular complexity index is 4540. The minimum Gasteiger partial charge on any atom is -0.469 e. The van der Waals surface area contributed by atoms with Gasteiger partial charge in [0.05, 0.1) is 43.5 Å². The molecule has 0 bridgehead atoms. The average molecular weight is 1600 g/mol. The van der Waals surface area contributed by atoms with E-state index in [9.17, 15) is 62.3 Å². The number of carbonyl (C=O) groups excluding carboxylic acids is 13. The molecule has 14 N–H and O–H groups in total. The molecular formula is C80H105N21O15. The SMILES string of the molecule is C=C(C)NCCNC(=O)c1ncc(C(=O)CCc2ccccn2)[nH]1.CC(=O)NCCNC(=O)c1ncc(C(=O)CCc2ccco2)[nH]1.CCCCCCNC(=O)c1ncc(C(=O)CCc2ccccn2)[nH]1.CCCCCCNC(=O)c1ncc(C(=O)CCc2ccco2)[nH]1.CNC(=O)CCC(=O)c1cnc(C(=O)NCCNC(C)=O)[nH]1. The summed E-state index contributed by atoms with van der Waals surface area (Å²) in [5.74, 6) is -1.01. The summed E-state index contributed by atoms with van der Waals surface area (Å²) in [6, 6.07) is 18.4. The summed E-state index contributed by atoms with van der Waals surface area (Å²) < 4.78 is 10.4. The van der Waals surface area contributed by atoms with E-state index in [0.29, 0.717) is 101 Å². The molecule has 0 unspecified atom stereocenters. The number of aryl methyl sites for hydroxylation is 4. The van der Waals surface area contributed by atoms with Crippen molar-refractivity contribution in [1.29, 1.82) is 0 Å². The summed E-state index contributed by atoms with van der Waals surface area (Å²) in [6.07, 6.45) is 25.6. The molecule has 9 aromatic heterocycles. The Kier molecular flexibility index (Phi) is 43.0. The molecule has 0 fully saturated rings. The molecule has 0 spiro atoms. The van der Waals surface area contributed by atoms with Crippen LogP contribution in [0.1, 0.15) is 253 Å². The minimum absolute atomic E-state index is 0.00566. The molecule has 620 valence electrons. The molecule has 8 amide bonds. The number of nitrogens with zero attached hydrogens (tertiary/aromatic N) is 7. The molecule has 0 aliphatic rings. The quantitative estimate of drug-likeness (QED) is 0.0132. The lowest BCUT2D eigenvalue weighted by Crippen LogP contribution is -2.34. The molecule has 116 heavy (non-hydrogen) atoms. The van der Waals surface area contributed by atoms with Gasteiger partial charge in [0.2, 0.25) is 17.7 Å². The highest BCUT2D eigenvalue weighted by Crippen LogP contribution is 2.13. The zero-order valence-electron chi connectivity index (χ0n) is 66.3. The van der Waals surface area contributed by atoms with E-state index in [2.05, 4.69) is 128 Å². The summed E-state index contributed by atoms with van der Waals surface area (Å²) in [6.45, 7) is 16.1. The number of amides is 8. The molecule has 0 saturated heterocycles. The monoisotopic (exact) mass is 1600 g/mol. The standard InChI is InChI=1S/C18H24N4O2.C17H21N5O2.C17H23N3O3.C15H18N4O4.C13H19N5O4/c1-2-3-4-6-12-20-18(24)17-21-13-15(22-17)16(23)10-9-14-8-5-7-11-19-14;1-12(2)18-9-10-20-17(24)16-21-11-14(22-16)15(23)7-6-13-5-3-4-8-19-13;1-2-3-4-5-10-18-17(22)16-19-12-14(20-16)15(21)9-8-13-7-6-11-23-13;1-10(20)16-6-7-17-15(22)14-18-9-12(19-14)13(21)5-4-11-3-2-8-23-11;1-8(19)15-5-6-16-13(22)12-17-7-9(18-12)10(20)3-4-11(21)14-2/h5,7-8,11,13H,2-4,6,9-10,12H2,1H3,(H,20,24)(H,21,22);3-5,8,11,18H,1,6-7,9-10H2,2H3,(H,20,24)(H,21,22);6-7,11-12H,2-5,8-10H2,1H3,(H,18,22)(H,19,20);2-3,8-9H,4-7H2,1H3,(H,16,20)(H,17,22)(H,18,19);7H,3-6H2,1-2H3,(H,14,21)(H,15,19)(H,16,22)(H,17,18). The highest BCUT2D eigenvalue weighted by Gasteiger charge is 2.21. The number of Topliss-reactive ketones (excluding diaryl/α,β-unsaturated/α-hetero) is 5. The van der Waals surface area contributed by atoms with Crippen molar-refractivity contribution >= 4 is 76.2 Å². The molecule has 0 aliphatic carbocycles. The van der Waals surface area contributed by atoms with Gasteiger partial charge in [-0.2, -0.15) is 0 Å². The van der Waals surface area contributed by atoms with Crippen LogP contribution in [0, 0.1) is 0 Å². The highest BCUT2D eigenvalue weighted by molar-refractivity contribution is 6.00. The predicted molar refractivity (Wildman–Crippen MR) is 427 cm³/mol. The van der Waals surface area contributed by atoms with Gasteiger partial charge < -0.3 is 81.6 Å². The van der Waals surface area contributed by atoms with E-state index in [1.165, 1.54) is 64.7 Å². The smallest absolute Gasteiger partial charge is 0.287 e. The van der Waals surface area contributed by atoms with Crippen LogP contribution in [-0.4, -0.2) is 195 Å². The largest absolute Gasteiger partial charge is 0.469 e. The molecule has 9 aromatic rings. The van der Waals surface area contributed by atoms with Crippen molar-refractivity contribution in [1.82, 2.24) is 108 Å². The molecule has 0 aliphatic heterocycles. The van der Waals surface area contributed by atoms with Crippen LogP contribution < -0.4 is 47.9 Å². The first-order valence-electron chi connectivity index (χ1n) is 38.2. The second kappa shape index (κ2) is 53.5. The summed E-state index contributed by atoms with van der Waals surface area (Å²) in [4.78, 5) is 194. The zero-order chi connectivity index (χ0) is 84.2. The number of aromatic nitrogens is 12. The number of imidazole rings is 5. The van der Waals surface area contributed by atoms with Gasteiger partial charge in [0, 0.05) is 154 Å². The number of aromatic amines is 5. The number of pyridine rings is 2. The average Bonchev–Trinajstić information content (AvgIpc) is 1.76. The Balaban J connectivity index is 0.000000259. The molecule has 9 heterocycles. The van der Waals surface area contributed by atoms with Crippen LogP contribution >= 0.6 is 0 Å². The third kappa shape index (κ3) is 37.3. The van der Waals surface area contributed by atoms with E-state index in [1.807, 2.05) is 49.4 Å². The number of unbranched alkanes of at least 4 members (excludes halogenated alkanes) is 6. The van der Waals surface area contributed by atoms with E-state index >= 15 is 0 Å². The Labute approximate surface area is 671 Å². The predicted octanol–water partition coefficient (Wildman–Crippen LogP) is 7.20. The fourth-order valence-electron chi connectivity index (χ4n) is 10.1. The van der Waals surface area contributed by atoms with Gasteiger partial charge in [-0.3, -0.25) is 72.3 Å². The number of H-pyrrole nitrogens is 5. The number of hydrogen-bond donors (Lipinski definition) is 14. The number of hydrogen-bond acceptors (Lipinski definition) is 23. The van der Waals surface area contributed by atoms with Crippen LogP contribution in [0.5, 0.6) is 0 Å². The summed E-state index contributed by atoms with van der Waals surface area (Å²) >= 11 is 0. The summed E-state index contributed by atoms with van der Waals surface area (Å²) in [5.41, 5.74) is 4.07. The Hall–Kier alpha value is -13.4. The van der Waals surface area contributed by atoms with Crippen LogP contribution in [0.3, 0.4) is 0 Å². The zero-order valence-corrected chi connectivity index (χ0v) is 66.3. The van der Waals surface area contributed by atoms with E-state index in [-0.39, 0.29) is 137 Å². The maximum Gasteiger partial charge on any atom is 0.287 e. The number of furan rings is 2. The fourth-order valence-corrected chi connectivity index (χ4v) is 10.1. The van der Waals surface area contributed by atoms with E-state index < -0.39 is 11.8 Å². The van der Waals surface area contributed by atoms with Gasteiger partial charge in [0.25, 0.3) is 29.5 Å². The third-order valence-electron chi connectivity index (χ3n) is 16.4. The number of rotatable bonds is 45. The van der Waals surface area contributed by atoms with Crippen molar-refractivity contribution in [3.05, 3.63) is 209 Å². The highest BCUT2D eigenvalue weighted by atomic mass is 16.3. The molecule has 36 heteroatoms. The van der Waals surface area contributed by atoms with Crippen molar-refractivity contribution in [3.8, 4) is 0 Å². The van der Waals surface area contributed by atoms with Crippen molar-refractivity contribution in [2.24, 2.45) is 0 Å². The van der Waals surface area contributed by atoms with Gasteiger partial charge in [-0.25, -0.2) is 24.9 Å². The Morgan fingerprint density at radius 3 is 0.940 bits per heavy atom. The molecule has 0 saturated carbocycles. The van der Waals surface area contributed by atoms with Crippen LogP contribution in [0.25, 0.3) is 0 Å². The molecule has 0 aromatic carbocycles. The number of ketones is 5. The van der Waals surface area contributed by atoms with E-state index in [0.717, 1.165) is 67.1 Å². The van der Waals surface area contributed by atoms with Crippen molar-refractivity contribution < 1.29 is 71.2 Å². The maximum atomic E-state index is 12.2. The molecule has 9 rings (SSSR count). The summed E-state index contributed by atoms with van der Waals surface area (Å²) in [7, 11) is 1.49.